The molecule has 0 aliphatic heterocycles. The van der Waals surface area contributed by atoms with Crippen LogP contribution in [0.2, 0.25) is 0 Å². The lowest BCUT2D eigenvalue weighted by molar-refractivity contribution is 0.628. The van der Waals surface area contributed by atoms with Crippen LogP contribution in [0.5, 0.6) is 0 Å². The van der Waals surface area contributed by atoms with E-state index in [1.54, 1.807) is 12.1 Å². The van der Waals surface area contributed by atoms with Crippen molar-refractivity contribution in [3.05, 3.63) is 51.2 Å². The normalized spacial score (nSPS) is 10.9. The molecule has 2 aromatic carbocycles. The van der Waals surface area contributed by atoms with Gasteiger partial charge in [0.2, 0.25) is 0 Å². The van der Waals surface area contributed by atoms with Crippen LogP contribution >= 0.6 is 31.9 Å². The average Bonchev–Trinajstić information content (AvgIpc) is 2.47. The van der Waals surface area contributed by atoms with Gasteiger partial charge in [0.1, 0.15) is 11.6 Å². The van der Waals surface area contributed by atoms with Gasteiger partial charge in [0.25, 0.3) is 0 Å². The maximum absolute atomic E-state index is 13.0. The Morgan fingerprint density at radius 2 is 1.76 bits per heavy atom. The van der Waals surface area contributed by atoms with Gasteiger partial charge in [0, 0.05) is 26.9 Å². The molecule has 0 saturated carbocycles. The summed E-state index contributed by atoms with van der Waals surface area (Å²) in [5.74, 6) is 0.995. The van der Waals surface area contributed by atoms with E-state index in [0.717, 1.165) is 31.2 Å². The van der Waals surface area contributed by atoms with Crippen LogP contribution in [0.4, 0.5) is 10.2 Å². The molecule has 21 heavy (non-hydrogen) atoms. The van der Waals surface area contributed by atoms with Crippen LogP contribution in [0.1, 0.15) is 0 Å². The Morgan fingerprint density at radius 1 is 1.05 bits per heavy atom. The summed E-state index contributed by atoms with van der Waals surface area (Å²) in [7, 11) is 1.81. The number of nitrogens with one attached hydrogen (secondary N) is 1. The van der Waals surface area contributed by atoms with E-state index >= 15 is 0 Å². The molecule has 0 saturated heterocycles. The summed E-state index contributed by atoms with van der Waals surface area (Å²) >= 11 is 6.98. The molecule has 1 aromatic heterocycles. The number of fused-ring (bicyclic) bond motifs is 1. The highest BCUT2D eigenvalue weighted by molar-refractivity contribution is 9.11. The van der Waals surface area contributed by atoms with Gasteiger partial charge in [-0.15, -0.1) is 0 Å². The van der Waals surface area contributed by atoms with Crippen molar-refractivity contribution in [1.29, 1.82) is 0 Å². The number of rotatable bonds is 2. The third-order valence-electron chi connectivity index (χ3n) is 3.06. The number of nitrogens with zero attached hydrogens (tertiary/aromatic N) is 2. The molecule has 3 rings (SSSR count). The van der Waals surface area contributed by atoms with Crippen molar-refractivity contribution in [2.75, 3.05) is 12.4 Å². The van der Waals surface area contributed by atoms with Crippen molar-refractivity contribution in [1.82, 2.24) is 9.97 Å². The fourth-order valence-corrected chi connectivity index (χ4v) is 3.39. The van der Waals surface area contributed by atoms with Crippen LogP contribution in [0.15, 0.2) is 45.3 Å². The second kappa shape index (κ2) is 5.69. The first-order valence-electron chi connectivity index (χ1n) is 6.19. The predicted octanol–water partition coefficient (Wildman–Crippen LogP) is 5.00. The van der Waals surface area contributed by atoms with Gasteiger partial charge in [-0.2, -0.15) is 0 Å². The van der Waals surface area contributed by atoms with Crippen LogP contribution < -0.4 is 5.32 Å². The molecular weight excluding hydrogens is 401 g/mol. The van der Waals surface area contributed by atoms with Crippen molar-refractivity contribution in [2.45, 2.75) is 0 Å². The summed E-state index contributed by atoms with van der Waals surface area (Å²) in [6.45, 7) is 0. The third kappa shape index (κ3) is 2.78. The molecule has 1 N–H and O–H groups in total. The van der Waals surface area contributed by atoms with Gasteiger partial charge in [0.05, 0.1) is 5.52 Å². The van der Waals surface area contributed by atoms with Crippen LogP contribution in [0, 0.1) is 5.82 Å². The Balaban J connectivity index is 2.28. The van der Waals surface area contributed by atoms with Gasteiger partial charge in [0.15, 0.2) is 5.82 Å². The Labute approximate surface area is 137 Å². The van der Waals surface area contributed by atoms with Gasteiger partial charge in [-0.3, -0.25) is 0 Å². The largest absolute Gasteiger partial charge is 0.373 e. The molecule has 0 unspecified atom stereocenters. The summed E-state index contributed by atoms with van der Waals surface area (Å²) in [5.41, 5.74) is 1.57. The van der Waals surface area contributed by atoms with Gasteiger partial charge < -0.3 is 5.32 Å². The zero-order chi connectivity index (χ0) is 15.0. The van der Waals surface area contributed by atoms with Crippen molar-refractivity contribution in [3.8, 4) is 11.4 Å². The van der Waals surface area contributed by atoms with Gasteiger partial charge in [-0.05, 0) is 52.3 Å². The highest BCUT2D eigenvalue weighted by atomic mass is 79.9. The molecule has 0 bridgehead atoms. The van der Waals surface area contributed by atoms with Gasteiger partial charge in [-0.25, -0.2) is 14.4 Å². The topological polar surface area (TPSA) is 37.8 Å². The summed E-state index contributed by atoms with van der Waals surface area (Å²) in [5, 5.41) is 3.99. The van der Waals surface area contributed by atoms with Crippen molar-refractivity contribution >= 4 is 48.6 Å². The number of anilines is 1. The summed E-state index contributed by atoms with van der Waals surface area (Å²) < 4.78 is 14.9. The molecule has 3 nitrogen and oxygen atoms in total. The van der Waals surface area contributed by atoms with E-state index in [-0.39, 0.29) is 5.82 Å². The average molecular weight is 411 g/mol. The molecule has 0 aliphatic rings. The first-order chi connectivity index (χ1) is 10.1. The van der Waals surface area contributed by atoms with Crippen molar-refractivity contribution in [3.63, 3.8) is 0 Å². The fraction of sp³-hybridized carbons (Fsp3) is 0.0667. The second-order valence-electron chi connectivity index (χ2n) is 4.44. The zero-order valence-electron chi connectivity index (χ0n) is 11.0. The number of halogens is 3. The zero-order valence-corrected chi connectivity index (χ0v) is 14.2. The highest BCUT2D eigenvalue weighted by Crippen LogP contribution is 2.32. The predicted molar refractivity (Wildman–Crippen MR) is 89.9 cm³/mol. The molecule has 3 aromatic rings. The standard InChI is InChI=1S/C15H10Br2FN3/c1-19-15-11-6-9(16)7-12(17)13(11)20-14(21-15)8-2-4-10(18)5-3-8/h2-7H,1H3,(H,19,20,21). The van der Waals surface area contributed by atoms with Gasteiger partial charge in [-0.1, -0.05) is 15.9 Å². The first-order valence-corrected chi connectivity index (χ1v) is 7.77. The Kier molecular flexibility index (Phi) is 3.91. The summed E-state index contributed by atoms with van der Waals surface area (Å²) in [6, 6.07) is 10.0. The lowest BCUT2D eigenvalue weighted by atomic mass is 10.2. The van der Waals surface area contributed by atoms with E-state index in [4.69, 9.17) is 0 Å². The molecule has 6 heteroatoms. The maximum Gasteiger partial charge on any atom is 0.162 e. The third-order valence-corrected chi connectivity index (χ3v) is 4.12. The van der Waals surface area contributed by atoms with Crippen molar-refractivity contribution < 1.29 is 4.39 Å². The molecular formula is C15H10Br2FN3. The monoisotopic (exact) mass is 409 g/mol. The van der Waals surface area contributed by atoms with Crippen LogP contribution in [0.3, 0.4) is 0 Å². The number of aromatic nitrogens is 2. The van der Waals surface area contributed by atoms with Crippen LogP contribution in [-0.2, 0) is 0 Å². The highest BCUT2D eigenvalue weighted by Gasteiger charge is 2.12. The molecule has 1 heterocycles. The smallest absolute Gasteiger partial charge is 0.162 e. The Hall–Kier alpha value is -1.53. The fourth-order valence-electron chi connectivity index (χ4n) is 2.08. The minimum Gasteiger partial charge on any atom is -0.373 e. The minimum atomic E-state index is -0.279. The van der Waals surface area contributed by atoms with E-state index in [0.29, 0.717) is 5.82 Å². The number of hydrogen-bond acceptors (Lipinski definition) is 3. The SMILES string of the molecule is CNc1nc(-c2ccc(F)cc2)nc2c(Br)cc(Br)cc12. The van der Waals surface area contributed by atoms with E-state index in [1.165, 1.54) is 12.1 Å². The Bertz CT molecular complexity index is 819. The quantitative estimate of drug-likeness (QED) is 0.645. The van der Waals surface area contributed by atoms with E-state index in [2.05, 4.69) is 47.1 Å². The molecule has 0 spiro atoms. The Morgan fingerprint density at radius 3 is 2.43 bits per heavy atom. The number of benzene rings is 2. The molecule has 106 valence electrons. The van der Waals surface area contributed by atoms with E-state index in [1.807, 2.05) is 19.2 Å². The molecule has 0 amide bonds. The summed E-state index contributed by atoms with van der Waals surface area (Å²) in [6.07, 6.45) is 0. The van der Waals surface area contributed by atoms with Crippen LogP contribution in [0.25, 0.3) is 22.3 Å². The number of hydrogen-bond donors (Lipinski definition) is 1. The first kappa shape index (κ1) is 14.4. The van der Waals surface area contributed by atoms with E-state index in [9.17, 15) is 4.39 Å². The second-order valence-corrected chi connectivity index (χ2v) is 6.21. The lowest BCUT2D eigenvalue weighted by Gasteiger charge is -2.10. The van der Waals surface area contributed by atoms with Crippen LogP contribution in [-0.4, -0.2) is 17.0 Å². The minimum absolute atomic E-state index is 0.279. The molecule has 0 radical (unpaired) electrons. The molecule has 0 fully saturated rings. The lowest BCUT2D eigenvalue weighted by Crippen LogP contribution is -1.99. The molecule has 0 aliphatic carbocycles. The van der Waals surface area contributed by atoms with E-state index < -0.39 is 0 Å². The van der Waals surface area contributed by atoms with Crippen molar-refractivity contribution in [2.24, 2.45) is 0 Å². The molecule has 0 atom stereocenters. The maximum atomic E-state index is 13.0. The summed E-state index contributed by atoms with van der Waals surface area (Å²) in [4.78, 5) is 9.10. The van der Waals surface area contributed by atoms with Gasteiger partial charge >= 0.3 is 0 Å².